The maximum atomic E-state index is 13.5. The van der Waals surface area contributed by atoms with Crippen molar-refractivity contribution in [1.82, 2.24) is 13.7 Å². The van der Waals surface area contributed by atoms with E-state index in [1.807, 2.05) is 54.5 Å². The van der Waals surface area contributed by atoms with Gasteiger partial charge in [0.25, 0.3) is 10.2 Å². The molecule has 2 aliphatic rings. The van der Waals surface area contributed by atoms with Crippen LogP contribution in [0.1, 0.15) is 35.9 Å². The van der Waals surface area contributed by atoms with Gasteiger partial charge in [-0.3, -0.25) is 0 Å². The lowest BCUT2D eigenvalue weighted by Crippen LogP contribution is -2.47. The van der Waals surface area contributed by atoms with E-state index in [1.165, 1.54) is 0 Å². The highest BCUT2D eigenvalue weighted by Crippen LogP contribution is 2.45. The fraction of sp³-hybridized carbons (Fsp3) is 0.400. The SMILES string of the molecule is CN1CC(c2ccccc2)C(c2ccc(Cl)cc2)N1S(=O)(=O)N1CCCC1. The van der Waals surface area contributed by atoms with Gasteiger partial charge in [-0.15, -0.1) is 4.41 Å². The molecule has 2 saturated heterocycles. The van der Waals surface area contributed by atoms with Crippen molar-refractivity contribution >= 4 is 21.8 Å². The Morgan fingerprint density at radius 1 is 0.926 bits per heavy atom. The molecule has 0 N–H and O–H groups in total. The van der Waals surface area contributed by atoms with Crippen molar-refractivity contribution in [3.63, 3.8) is 0 Å². The standard InChI is InChI=1S/C20H24ClN3O2S/c1-22-15-19(16-7-3-2-4-8-16)20(17-9-11-18(21)12-10-17)24(22)27(25,26)23-13-5-6-14-23/h2-4,7-12,19-20H,5-6,13-15H2,1H3. The van der Waals surface area contributed by atoms with E-state index >= 15 is 0 Å². The van der Waals surface area contributed by atoms with E-state index in [4.69, 9.17) is 11.6 Å². The second kappa shape index (κ2) is 7.53. The summed E-state index contributed by atoms with van der Waals surface area (Å²) in [5.41, 5.74) is 2.10. The topological polar surface area (TPSA) is 43.9 Å². The molecule has 2 heterocycles. The minimum absolute atomic E-state index is 0.0507. The molecule has 0 saturated carbocycles. The van der Waals surface area contributed by atoms with Crippen LogP contribution in [0, 0.1) is 0 Å². The largest absolute Gasteiger partial charge is 0.295 e. The monoisotopic (exact) mass is 405 g/mol. The summed E-state index contributed by atoms with van der Waals surface area (Å²) in [5.74, 6) is 0.0507. The van der Waals surface area contributed by atoms with Gasteiger partial charge in [-0.2, -0.15) is 12.7 Å². The van der Waals surface area contributed by atoms with Crippen molar-refractivity contribution in [1.29, 1.82) is 0 Å². The Hall–Kier alpha value is -1.44. The van der Waals surface area contributed by atoms with Gasteiger partial charge < -0.3 is 0 Å². The maximum absolute atomic E-state index is 13.5. The van der Waals surface area contributed by atoms with Crippen LogP contribution in [0.5, 0.6) is 0 Å². The van der Waals surface area contributed by atoms with E-state index in [0.717, 1.165) is 24.0 Å². The fourth-order valence-corrected chi connectivity index (χ4v) is 6.25. The van der Waals surface area contributed by atoms with Gasteiger partial charge in [0.15, 0.2) is 0 Å². The normalized spacial score (nSPS) is 25.3. The van der Waals surface area contributed by atoms with Gasteiger partial charge in [-0.1, -0.05) is 54.1 Å². The van der Waals surface area contributed by atoms with E-state index in [2.05, 4.69) is 12.1 Å². The van der Waals surface area contributed by atoms with E-state index in [-0.39, 0.29) is 12.0 Å². The van der Waals surface area contributed by atoms with Gasteiger partial charge >= 0.3 is 0 Å². The summed E-state index contributed by atoms with van der Waals surface area (Å²) in [6.07, 6.45) is 1.84. The quantitative estimate of drug-likeness (QED) is 0.779. The summed E-state index contributed by atoms with van der Waals surface area (Å²) < 4.78 is 30.1. The molecule has 2 aromatic carbocycles. The molecule has 0 aromatic heterocycles. The zero-order valence-corrected chi connectivity index (χ0v) is 16.9. The first kappa shape index (κ1) is 18.9. The molecular weight excluding hydrogens is 382 g/mol. The van der Waals surface area contributed by atoms with Crippen LogP contribution < -0.4 is 0 Å². The number of rotatable bonds is 4. The average molecular weight is 406 g/mol. The predicted molar refractivity (Wildman–Crippen MR) is 108 cm³/mol. The Kier molecular flexibility index (Phi) is 5.27. The molecule has 5 nitrogen and oxygen atoms in total. The molecule has 0 spiro atoms. The number of likely N-dealkylation sites (N-methyl/N-ethyl adjacent to an activating group) is 1. The van der Waals surface area contributed by atoms with Gasteiger partial charge in [-0.25, -0.2) is 5.01 Å². The van der Waals surface area contributed by atoms with Crippen molar-refractivity contribution in [2.45, 2.75) is 24.8 Å². The first-order valence-corrected chi connectivity index (χ1v) is 11.1. The molecule has 0 amide bonds. The first-order valence-electron chi connectivity index (χ1n) is 9.29. The van der Waals surface area contributed by atoms with Crippen LogP contribution in [0.2, 0.25) is 5.02 Å². The second-order valence-electron chi connectivity index (χ2n) is 7.24. The third kappa shape index (κ3) is 3.52. The Morgan fingerprint density at radius 3 is 2.19 bits per heavy atom. The molecule has 27 heavy (non-hydrogen) atoms. The van der Waals surface area contributed by atoms with Crippen LogP contribution in [0.15, 0.2) is 54.6 Å². The minimum Gasteiger partial charge on any atom is -0.229 e. The van der Waals surface area contributed by atoms with Crippen molar-refractivity contribution in [2.24, 2.45) is 0 Å². The smallest absolute Gasteiger partial charge is 0.229 e. The highest BCUT2D eigenvalue weighted by atomic mass is 35.5. The van der Waals surface area contributed by atoms with Crippen molar-refractivity contribution in [3.05, 3.63) is 70.7 Å². The van der Waals surface area contributed by atoms with Gasteiger partial charge in [-0.05, 0) is 36.1 Å². The van der Waals surface area contributed by atoms with Crippen LogP contribution in [-0.4, -0.2) is 48.8 Å². The zero-order valence-electron chi connectivity index (χ0n) is 15.3. The van der Waals surface area contributed by atoms with Crippen molar-refractivity contribution in [3.8, 4) is 0 Å². The Labute approximate surface area is 166 Å². The molecule has 4 rings (SSSR count). The number of hydrogen-bond acceptors (Lipinski definition) is 3. The molecule has 0 aliphatic carbocycles. The minimum atomic E-state index is -3.58. The molecule has 2 fully saturated rings. The number of hydrogen-bond donors (Lipinski definition) is 0. The van der Waals surface area contributed by atoms with Crippen molar-refractivity contribution < 1.29 is 8.42 Å². The van der Waals surface area contributed by atoms with Gasteiger partial charge in [0.2, 0.25) is 0 Å². The van der Waals surface area contributed by atoms with E-state index < -0.39 is 10.2 Å². The lowest BCUT2D eigenvalue weighted by Gasteiger charge is -2.33. The zero-order chi connectivity index (χ0) is 19.0. The van der Waals surface area contributed by atoms with Gasteiger partial charge in [0.05, 0.1) is 6.04 Å². The van der Waals surface area contributed by atoms with Gasteiger partial charge in [0, 0.05) is 37.6 Å². The molecule has 144 valence electrons. The molecule has 0 bridgehead atoms. The number of nitrogens with zero attached hydrogens (tertiary/aromatic N) is 3. The number of hydrazine groups is 1. The highest BCUT2D eigenvalue weighted by Gasteiger charge is 2.48. The molecule has 7 heteroatoms. The third-order valence-corrected chi connectivity index (χ3v) is 7.73. The molecule has 2 aromatic rings. The Balaban J connectivity index is 1.79. The van der Waals surface area contributed by atoms with Crippen molar-refractivity contribution in [2.75, 3.05) is 26.7 Å². The van der Waals surface area contributed by atoms with Gasteiger partial charge in [0.1, 0.15) is 0 Å². The summed E-state index contributed by atoms with van der Waals surface area (Å²) in [6.45, 7) is 1.83. The number of halogens is 1. The molecular formula is C20H24ClN3O2S. The summed E-state index contributed by atoms with van der Waals surface area (Å²) in [6, 6.07) is 17.4. The number of benzene rings is 2. The second-order valence-corrected chi connectivity index (χ2v) is 9.46. The summed E-state index contributed by atoms with van der Waals surface area (Å²) in [4.78, 5) is 0. The highest BCUT2D eigenvalue weighted by molar-refractivity contribution is 7.86. The third-order valence-electron chi connectivity index (χ3n) is 5.48. The van der Waals surface area contributed by atoms with E-state index in [1.54, 1.807) is 8.72 Å². The average Bonchev–Trinajstić information content (AvgIpc) is 3.32. The van der Waals surface area contributed by atoms with Crippen LogP contribution in [0.25, 0.3) is 0 Å². The van der Waals surface area contributed by atoms with Crippen LogP contribution >= 0.6 is 11.6 Å². The maximum Gasteiger partial charge on any atom is 0.295 e. The van der Waals surface area contributed by atoms with Crippen LogP contribution in [-0.2, 0) is 10.2 Å². The van der Waals surface area contributed by atoms with Crippen LogP contribution in [0.3, 0.4) is 0 Å². The lowest BCUT2D eigenvalue weighted by atomic mass is 9.89. The molecule has 2 aliphatic heterocycles. The van der Waals surface area contributed by atoms with E-state index in [0.29, 0.717) is 24.7 Å². The summed E-state index contributed by atoms with van der Waals surface area (Å²) in [7, 11) is -1.72. The fourth-order valence-electron chi connectivity index (χ4n) is 4.20. The Bertz CT molecular complexity index is 883. The lowest BCUT2D eigenvalue weighted by molar-refractivity contribution is 0.115. The summed E-state index contributed by atoms with van der Waals surface area (Å²) in [5, 5.41) is 2.50. The van der Waals surface area contributed by atoms with Crippen LogP contribution in [0.4, 0.5) is 0 Å². The molecule has 0 radical (unpaired) electrons. The summed E-state index contributed by atoms with van der Waals surface area (Å²) >= 11 is 6.08. The molecule has 2 unspecified atom stereocenters. The first-order chi connectivity index (χ1) is 13.0. The molecule has 2 atom stereocenters. The van der Waals surface area contributed by atoms with E-state index in [9.17, 15) is 8.42 Å². The predicted octanol–water partition coefficient (Wildman–Crippen LogP) is 3.67. The Morgan fingerprint density at radius 2 is 1.56 bits per heavy atom.